The van der Waals surface area contributed by atoms with Crippen LogP contribution in [-0.4, -0.2) is 29.5 Å². The number of hydrogen-bond donors (Lipinski definition) is 2. The zero-order valence-corrected chi connectivity index (χ0v) is 14.5. The highest BCUT2D eigenvalue weighted by atomic mass is 32.2. The number of H-pyrrole nitrogens is 1. The number of sulfone groups is 1. The lowest BCUT2D eigenvalue weighted by Gasteiger charge is -2.12. The van der Waals surface area contributed by atoms with E-state index >= 15 is 0 Å². The van der Waals surface area contributed by atoms with Gasteiger partial charge < -0.3 is 15.5 Å². The molecule has 0 amide bonds. The minimum Gasteiger partial charge on any atom is -0.473 e. The van der Waals surface area contributed by atoms with Crippen LogP contribution in [0.2, 0.25) is 0 Å². The highest BCUT2D eigenvalue weighted by Crippen LogP contribution is 2.38. The highest BCUT2D eigenvalue weighted by Gasteiger charge is 2.32. The molecule has 130 valence electrons. The Morgan fingerprint density at radius 2 is 1.96 bits per heavy atom. The third-order valence-electron chi connectivity index (χ3n) is 4.44. The second kappa shape index (κ2) is 5.73. The fourth-order valence-electron chi connectivity index (χ4n) is 2.89. The molecule has 0 saturated heterocycles. The fraction of sp³-hybridized carbons (Fsp3) is 0.294. The Morgan fingerprint density at radius 3 is 2.64 bits per heavy atom. The summed E-state index contributed by atoms with van der Waals surface area (Å²) in [5.74, 6) is 0.874. The van der Waals surface area contributed by atoms with Crippen LogP contribution >= 0.6 is 0 Å². The van der Waals surface area contributed by atoms with E-state index < -0.39 is 9.84 Å². The van der Waals surface area contributed by atoms with Gasteiger partial charge in [-0.2, -0.15) is 4.98 Å². The van der Waals surface area contributed by atoms with E-state index in [0.29, 0.717) is 17.3 Å². The van der Waals surface area contributed by atoms with Crippen molar-refractivity contribution in [1.82, 2.24) is 15.0 Å². The van der Waals surface area contributed by atoms with Crippen molar-refractivity contribution in [3.63, 3.8) is 0 Å². The van der Waals surface area contributed by atoms with Crippen molar-refractivity contribution in [1.29, 1.82) is 0 Å². The molecule has 3 N–H and O–H groups in total. The van der Waals surface area contributed by atoms with E-state index in [1.165, 1.54) is 18.5 Å². The van der Waals surface area contributed by atoms with Crippen LogP contribution in [0.3, 0.4) is 0 Å². The van der Waals surface area contributed by atoms with Crippen LogP contribution in [0.25, 0.3) is 11.0 Å². The van der Waals surface area contributed by atoms with Crippen LogP contribution in [0.15, 0.2) is 46.5 Å². The van der Waals surface area contributed by atoms with Gasteiger partial charge in [-0.1, -0.05) is 18.2 Å². The molecule has 7 nitrogen and oxygen atoms in total. The molecule has 3 aromatic rings. The van der Waals surface area contributed by atoms with E-state index in [-0.39, 0.29) is 27.2 Å². The van der Waals surface area contributed by atoms with Crippen LogP contribution in [0.4, 0.5) is 5.82 Å². The van der Waals surface area contributed by atoms with Crippen LogP contribution in [-0.2, 0) is 9.84 Å². The quantitative estimate of drug-likeness (QED) is 0.725. The van der Waals surface area contributed by atoms with Gasteiger partial charge >= 0.3 is 0 Å². The summed E-state index contributed by atoms with van der Waals surface area (Å²) < 4.78 is 31.9. The molecule has 2 heterocycles. The molecule has 1 aliphatic rings. The number of nitrogens with one attached hydrogen (secondary N) is 1. The van der Waals surface area contributed by atoms with Gasteiger partial charge in [0, 0.05) is 0 Å². The molecule has 25 heavy (non-hydrogen) atoms. The molecule has 1 aromatic carbocycles. The maximum absolute atomic E-state index is 13.0. The molecular formula is C17H18N4O3S. The molecule has 0 radical (unpaired) electrons. The number of fused-ring (bicyclic) bond motifs is 1. The summed E-state index contributed by atoms with van der Waals surface area (Å²) >= 11 is 0. The van der Waals surface area contributed by atoms with Gasteiger partial charge in [0.25, 0.3) is 0 Å². The standard InChI is InChI=1S/C17H18N4O3S/c1-10(11-7-8-11)24-17-14-13(19-9-20-17)15(16(18)21-14)25(22,23)12-5-3-2-4-6-12/h2-6,9-11,21H,7-8,18H2,1H3. The van der Waals surface area contributed by atoms with Gasteiger partial charge in [-0.05, 0) is 37.8 Å². The predicted octanol–water partition coefficient (Wildman–Crippen LogP) is 2.55. The largest absolute Gasteiger partial charge is 0.473 e. The Balaban J connectivity index is 1.84. The highest BCUT2D eigenvalue weighted by molar-refractivity contribution is 7.92. The van der Waals surface area contributed by atoms with Crippen molar-refractivity contribution in [2.75, 3.05) is 5.73 Å². The van der Waals surface area contributed by atoms with Gasteiger partial charge in [-0.15, -0.1) is 0 Å². The Labute approximate surface area is 145 Å². The Bertz CT molecular complexity index is 1030. The number of nitrogens with two attached hydrogens (primary N) is 1. The van der Waals surface area contributed by atoms with E-state index in [0.717, 1.165) is 12.8 Å². The number of rotatable bonds is 5. The van der Waals surface area contributed by atoms with Gasteiger partial charge in [-0.25, -0.2) is 13.4 Å². The van der Waals surface area contributed by atoms with Gasteiger partial charge in [0.15, 0.2) is 0 Å². The number of benzene rings is 1. The number of nitrogen functional groups attached to an aromatic ring is 1. The molecule has 8 heteroatoms. The lowest BCUT2D eigenvalue weighted by molar-refractivity contribution is 0.192. The molecule has 0 aliphatic heterocycles. The minimum absolute atomic E-state index is 0.0109. The van der Waals surface area contributed by atoms with Gasteiger partial charge in [-0.3, -0.25) is 0 Å². The first-order valence-electron chi connectivity index (χ1n) is 8.07. The SMILES string of the molecule is CC(Oc1ncnc2c(S(=O)(=O)c3ccccc3)c(N)[nH]c12)C1CC1. The summed E-state index contributed by atoms with van der Waals surface area (Å²) in [4.78, 5) is 11.3. The van der Waals surface area contributed by atoms with Gasteiger partial charge in [0.1, 0.15) is 34.2 Å². The van der Waals surface area contributed by atoms with Crippen LogP contribution in [0.5, 0.6) is 5.88 Å². The number of ether oxygens (including phenoxy) is 1. The first-order chi connectivity index (χ1) is 12.0. The van der Waals surface area contributed by atoms with E-state index in [1.54, 1.807) is 18.2 Å². The number of nitrogens with zero attached hydrogens (tertiary/aromatic N) is 2. The lowest BCUT2D eigenvalue weighted by atomic mass is 10.3. The molecule has 1 unspecified atom stereocenters. The lowest BCUT2D eigenvalue weighted by Crippen LogP contribution is -2.15. The molecular weight excluding hydrogens is 340 g/mol. The summed E-state index contributed by atoms with van der Waals surface area (Å²) in [6.07, 6.45) is 3.58. The van der Waals surface area contributed by atoms with Crippen molar-refractivity contribution in [3.8, 4) is 5.88 Å². The van der Waals surface area contributed by atoms with Crippen molar-refractivity contribution in [2.24, 2.45) is 5.92 Å². The molecule has 1 saturated carbocycles. The maximum Gasteiger partial charge on any atom is 0.241 e. The van der Waals surface area contributed by atoms with Crippen LogP contribution in [0, 0.1) is 5.92 Å². The third kappa shape index (κ3) is 2.72. The minimum atomic E-state index is -3.80. The van der Waals surface area contributed by atoms with E-state index in [4.69, 9.17) is 10.5 Å². The number of aromatic amines is 1. The monoisotopic (exact) mass is 358 g/mol. The summed E-state index contributed by atoms with van der Waals surface area (Å²) in [5.41, 5.74) is 6.64. The van der Waals surface area contributed by atoms with E-state index in [2.05, 4.69) is 15.0 Å². The van der Waals surface area contributed by atoms with Gasteiger partial charge in [0.05, 0.1) is 4.90 Å². The summed E-state index contributed by atoms with van der Waals surface area (Å²) in [7, 11) is -3.80. The smallest absolute Gasteiger partial charge is 0.241 e. The van der Waals surface area contributed by atoms with Crippen LogP contribution in [0.1, 0.15) is 19.8 Å². The first kappa shape index (κ1) is 15.9. The third-order valence-corrected chi connectivity index (χ3v) is 6.28. The predicted molar refractivity (Wildman–Crippen MR) is 93.0 cm³/mol. The topological polar surface area (TPSA) is 111 Å². The van der Waals surface area contributed by atoms with E-state index in [1.807, 2.05) is 6.92 Å². The zero-order valence-electron chi connectivity index (χ0n) is 13.6. The van der Waals surface area contributed by atoms with Crippen molar-refractivity contribution in [3.05, 3.63) is 36.7 Å². The summed E-state index contributed by atoms with van der Waals surface area (Å²) in [5, 5.41) is 0. The molecule has 2 aromatic heterocycles. The molecule has 1 aliphatic carbocycles. The fourth-order valence-corrected chi connectivity index (χ4v) is 4.39. The Kier molecular flexibility index (Phi) is 3.64. The molecule has 1 atom stereocenters. The number of anilines is 1. The molecule has 0 spiro atoms. The maximum atomic E-state index is 13.0. The normalized spacial score (nSPS) is 16.0. The molecule has 1 fully saturated rings. The second-order valence-electron chi connectivity index (χ2n) is 6.25. The Morgan fingerprint density at radius 1 is 1.24 bits per heavy atom. The zero-order chi connectivity index (χ0) is 17.6. The van der Waals surface area contributed by atoms with Gasteiger partial charge in [0.2, 0.25) is 15.7 Å². The first-order valence-corrected chi connectivity index (χ1v) is 9.55. The molecule has 4 rings (SSSR count). The Hall–Kier alpha value is -2.61. The summed E-state index contributed by atoms with van der Waals surface area (Å²) in [6.45, 7) is 1.99. The van der Waals surface area contributed by atoms with E-state index in [9.17, 15) is 8.42 Å². The average Bonchev–Trinajstić information content (AvgIpc) is 3.38. The summed E-state index contributed by atoms with van der Waals surface area (Å²) in [6, 6.07) is 8.14. The van der Waals surface area contributed by atoms with Crippen LogP contribution < -0.4 is 10.5 Å². The second-order valence-corrected chi connectivity index (χ2v) is 8.13. The molecule has 0 bridgehead atoms. The van der Waals surface area contributed by atoms with Crippen molar-refractivity contribution < 1.29 is 13.2 Å². The van der Waals surface area contributed by atoms with Crippen molar-refractivity contribution in [2.45, 2.75) is 35.7 Å². The van der Waals surface area contributed by atoms with Crippen molar-refractivity contribution >= 4 is 26.7 Å². The number of hydrogen-bond acceptors (Lipinski definition) is 6. The average molecular weight is 358 g/mol. The number of aromatic nitrogens is 3.